The fourth-order valence-corrected chi connectivity index (χ4v) is 7.27. The van der Waals surface area contributed by atoms with E-state index >= 15 is 4.39 Å². The van der Waals surface area contributed by atoms with E-state index < -0.39 is 6.17 Å². The van der Waals surface area contributed by atoms with Gasteiger partial charge in [-0.15, -0.1) is 0 Å². The number of aromatic amines is 1. The number of benzene rings is 1. The number of aromatic nitrogens is 2. The van der Waals surface area contributed by atoms with Crippen LogP contribution in [0.3, 0.4) is 0 Å². The number of aryl methyl sites for hydroxylation is 1. The molecule has 0 bridgehead atoms. The first-order chi connectivity index (χ1) is 17.6. The van der Waals surface area contributed by atoms with Crippen LogP contribution in [0.1, 0.15) is 92.9 Å². The van der Waals surface area contributed by atoms with E-state index in [0.717, 1.165) is 67.5 Å². The number of imidazole rings is 1. The van der Waals surface area contributed by atoms with Crippen molar-refractivity contribution in [2.24, 2.45) is 5.92 Å². The van der Waals surface area contributed by atoms with Gasteiger partial charge < -0.3 is 10.1 Å². The van der Waals surface area contributed by atoms with Gasteiger partial charge in [0.05, 0.1) is 24.0 Å². The maximum atomic E-state index is 15.9. The Labute approximate surface area is 213 Å². The molecule has 5 unspecified atom stereocenters. The molecule has 1 saturated heterocycles. The zero-order valence-electron chi connectivity index (χ0n) is 21.3. The van der Waals surface area contributed by atoms with E-state index in [0.29, 0.717) is 0 Å². The summed E-state index contributed by atoms with van der Waals surface area (Å²) in [6.07, 6.45) is 13.8. The fourth-order valence-electron chi connectivity index (χ4n) is 7.27. The van der Waals surface area contributed by atoms with Gasteiger partial charge in [-0.2, -0.15) is 0 Å². The van der Waals surface area contributed by atoms with Gasteiger partial charge in [0.15, 0.2) is 0 Å². The van der Waals surface area contributed by atoms with Gasteiger partial charge in [-0.3, -0.25) is 10.3 Å². The van der Waals surface area contributed by atoms with Crippen molar-refractivity contribution in [2.45, 2.75) is 94.9 Å². The Morgan fingerprint density at radius 3 is 2.75 bits per heavy atom. The summed E-state index contributed by atoms with van der Waals surface area (Å²) in [4.78, 5) is 11.0. The van der Waals surface area contributed by atoms with Crippen molar-refractivity contribution in [3.05, 3.63) is 53.1 Å². The lowest BCUT2D eigenvalue weighted by atomic mass is 9.71. The molecule has 4 aliphatic rings. The third kappa shape index (κ3) is 4.50. The van der Waals surface area contributed by atoms with E-state index in [-0.39, 0.29) is 29.7 Å². The maximum absolute atomic E-state index is 15.9. The van der Waals surface area contributed by atoms with Gasteiger partial charge in [0, 0.05) is 31.0 Å². The summed E-state index contributed by atoms with van der Waals surface area (Å²) in [7, 11) is 0. The van der Waals surface area contributed by atoms with Crippen molar-refractivity contribution in [1.82, 2.24) is 25.7 Å². The summed E-state index contributed by atoms with van der Waals surface area (Å²) in [5, 5.41) is 9.88. The highest BCUT2D eigenvalue weighted by Gasteiger charge is 2.48. The summed E-state index contributed by atoms with van der Waals surface area (Å²) in [6.45, 7) is 4.22. The number of hydrogen-bond donors (Lipinski definition) is 4. The van der Waals surface area contributed by atoms with Crippen molar-refractivity contribution in [1.29, 1.82) is 0 Å². The average molecular weight is 494 g/mol. The number of halogens is 1. The summed E-state index contributed by atoms with van der Waals surface area (Å²) in [5.41, 5.74) is 11.2. The van der Waals surface area contributed by atoms with Gasteiger partial charge in [-0.05, 0) is 67.4 Å². The molecule has 3 fully saturated rings. The SMILES string of the molecule is CCc1cc(O)ccc1C1CCC2C(c3ncc(C4=CCN(C5CCCCC5)CC4)[nH]3)NNC2C1F. The van der Waals surface area contributed by atoms with Gasteiger partial charge in [0.2, 0.25) is 0 Å². The van der Waals surface area contributed by atoms with Crippen LogP contribution < -0.4 is 10.9 Å². The Morgan fingerprint density at radius 1 is 1.11 bits per heavy atom. The summed E-state index contributed by atoms with van der Waals surface area (Å²) in [6, 6.07) is 5.89. The van der Waals surface area contributed by atoms with Crippen molar-refractivity contribution >= 4 is 5.57 Å². The maximum Gasteiger partial charge on any atom is 0.125 e. The predicted octanol–water partition coefficient (Wildman–Crippen LogP) is 5.15. The number of phenolic OH excluding ortho intramolecular Hbond substituents is 1. The number of fused-ring (bicyclic) bond motifs is 1. The molecule has 0 amide bonds. The van der Waals surface area contributed by atoms with E-state index in [1.807, 2.05) is 12.3 Å². The molecule has 2 saturated carbocycles. The van der Waals surface area contributed by atoms with E-state index in [1.54, 1.807) is 12.1 Å². The molecule has 6 rings (SSSR count). The zero-order chi connectivity index (χ0) is 24.6. The standard InChI is InChI=1S/C29H40FN5O/c1-2-18-16-21(36)8-9-22(18)23-10-11-24-27(26(23)30)33-34-28(24)29-31-17-25(32-29)19-12-14-35(15-13-19)20-6-4-3-5-7-20/h8-9,12,16-17,20,23-24,26-28,33-34,36H,2-7,10-11,13-15H2,1H3,(H,31,32). The topological polar surface area (TPSA) is 76.2 Å². The number of hydrazine groups is 1. The number of nitrogens with one attached hydrogen (secondary N) is 3. The Hall–Kier alpha value is -2.22. The second-order valence-corrected chi connectivity index (χ2v) is 11.3. The summed E-state index contributed by atoms with van der Waals surface area (Å²) >= 11 is 0. The van der Waals surface area contributed by atoms with Crippen LogP contribution in [0.15, 0.2) is 30.5 Å². The van der Waals surface area contributed by atoms with Crippen LogP contribution in [-0.4, -0.2) is 51.3 Å². The molecule has 36 heavy (non-hydrogen) atoms. The molecule has 6 nitrogen and oxygen atoms in total. The Bertz CT molecular complexity index is 1090. The van der Waals surface area contributed by atoms with Crippen molar-refractivity contribution in [3.8, 4) is 5.75 Å². The lowest BCUT2D eigenvalue weighted by Crippen LogP contribution is -2.45. The van der Waals surface area contributed by atoms with Crippen LogP contribution in [0.2, 0.25) is 0 Å². The number of rotatable bonds is 5. The normalized spacial score (nSPS) is 31.8. The zero-order valence-corrected chi connectivity index (χ0v) is 21.3. The molecule has 5 atom stereocenters. The van der Waals surface area contributed by atoms with Crippen molar-refractivity contribution < 1.29 is 9.50 Å². The fraction of sp³-hybridized carbons (Fsp3) is 0.621. The molecular weight excluding hydrogens is 453 g/mol. The molecule has 0 spiro atoms. The molecule has 3 heterocycles. The smallest absolute Gasteiger partial charge is 0.125 e. The average Bonchev–Trinajstić information content (AvgIpc) is 3.58. The third-order valence-electron chi connectivity index (χ3n) is 9.31. The van der Waals surface area contributed by atoms with Gasteiger partial charge >= 0.3 is 0 Å². The Morgan fingerprint density at radius 2 is 1.97 bits per heavy atom. The highest BCUT2D eigenvalue weighted by Crippen LogP contribution is 2.45. The van der Waals surface area contributed by atoms with Crippen LogP contribution >= 0.6 is 0 Å². The second-order valence-electron chi connectivity index (χ2n) is 11.3. The Balaban J connectivity index is 1.13. The predicted molar refractivity (Wildman–Crippen MR) is 140 cm³/mol. The molecular formula is C29H40FN5O. The third-order valence-corrected chi connectivity index (χ3v) is 9.31. The van der Waals surface area contributed by atoms with Crippen LogP contribution in [0.4, 0.5) is 4.39 Å². The second kappa shape index (κ2) is 10.3. The highest BCUT2D eigenvalue weighted by molar-refractivity contribution is 5.63. The van der Waals surface area contributed by atoms with Crippen LogP contribution in [0.5, 0.6) is 5.75 Å². The van der Waals surface area contributed by atoms with E-state index in [4.69, 9.17) is 4.98 Å². The molecule has 2 aromatic rings. The molecule has 4 N–H and O–H groups in total. The number of nitrogens with zero attached hydrogens (tertiary/aromatic N) is 2. The highest BCUT2D eigenvalue weighted by atomic mass is 19.1. The minimum Gasteiger partial charge on any atom is -0.508 e. The van der Waals surface area contributed by atoms with E-state index in [1.165, 1.54) is 37.7 Å². The largest absolute Gasteiger partial charge is 0.508 e. The first kappa shape index (κ1) is 24.1. The summed E-state index contributed by atoms with van der Waals surface area (Å²) in [5.74, 6) is 1.16. The number of aromatic hydroxyl groups is 1. The van der Waals surface area contributed by atoms with Crippen molar-refractivity contribution in [3.63, 3.8) is 0 Å². The number of H-pyrrole nitrogens is 1. The van der Waals surface area contributed by atoms with Crippen LogP contribution in [0.25, 0.3) is 5.57 Å². The van der Waals surface area contributed by atoms with E-state index in [2.05, 4.69) is 33.7 Å². The molecule has 2 aliphatic carbocycles. The van der Waals surface area contributed by atoms with Gasteiger partial charge in [0.25, 0.3) is 0 Å². The minimum atomic E-state index is -0.989. The lowest BCUT2D eigenvalue weighted by Gasteiger charge is -2.36. The first-order valence-corrected chi connectivity index (χ1v) is 14.1. The van der Waals surface area contributed by atoms with Crippen LogP contribution in [-0.2, 0) is 6.42 Å². The molecule has 194 valence electrons. The van der Waals surface area contributed by atoms with E-state index in [9.17, 15) is 5.11 Å². The molecule has 0 radical (unpaired) electrons. The van der Waals surface area contributed by atoms with Gasteiger partial charge in [0.1, 0.15) is 17.7 Å². The molecule has 2 aliphatic heterocycles. The quantitative estimate of drug-likeness (QED) is 0.464. The number of alkyl halides is 1. The number of phenols is 1. The van der Waals surface area contributed by atoms with Gasteiger partial charge in [-0.1, -0.05) is 38.3 Å². The van der Waals surface area contributed by atoms with Crippen molar-refractivity contribution in [2.75, 3.05) is 13.1 Å². The molecule has 7 heteroatoms. The van der Waals surface area contributed by atoms with Crippen LogP contribution in [0, 0.1) is 5.92 Å². The minimum absolute atomic E-state index is 0.0173. The summed E-state index contributed by atoms with van der Waals surface area (Å²) < 4.78 is 15.9. The monoisotopic (exact) mass is 493 g/mol. The lowest BCUT2D eigenvalue weighted by molar-refractivity contribution is 0.135. The molecule has 1 aromatic heterocycles. The van der Waals surface area contributed by atoms with Gasteiger partial charge in [-0.25, -0.2) is 14.8 Å². The first-order valence-electron chi connectivity index (χ1n) is 14.1. The Kier molecular flexibility index (Phi) is 6.88. The molecule has 1 aromatic carbocycles. The number of hydrogen-bond acceptors (Lipinski definition) is 5.